The number of nitrogens with one attached hydrogen (secondary N) is 1. The molecule has 0 atom stereocenters. The van der Waals surface area contributed by atoms with Crippen LogP contribution in [-0.2, 0) is 19.6 Å². The molecule has 0 radical (unpaired) electrons. The standard InChI is InChI=1S/C25H28FNO2.ClH/c1-3-28-24-10-6-8-22(17-27-16-15-21-7-4-5-9-23(21)26)25(24)29-18-20-13-11-19(2)12-14-20;/h4-14,27H,3,15-18H2,1-2H3;1H. The second kappa shape index (κ2) is 12.2. The van der Waals surface area contributed by atoms with Gasteiger partial charge in [0.15, 0.2) is 11.5 Å². The van der Waals surface area contributed by atoms with Crippen LogP contribution < -0.4 is 14.8 Å². The quantitative estimate of drug-likeness (QED) is 0.409. The van der Waals surface area contributed by atoms with E-state index in [1.54, 1.807) is 6.07 Å². The zero-order chi connectivity index (χ0) is 20.5. The summed E-state index contributed by atoms with van der Waals surface area (Å²) >= 11 is 0. The smallest absolute Gasteiger partial charge is 0.166 e. The molecule has 0 saturated carbocycles. The van der Waals surface area contributed by atoms with Gasteiger partial charge in [0.2, 0.25) is 0 Å². The van der Waals surface area contributed by atoms with Crippen LogP contribution in [-0.4, -0.2) is 13.2 Å². The van der Waals surface area contributed by atoms with E-state index in [-0.39, 0.29) is 18.2 Å². The van der Waals surface area contributed by atoms with Gasteiger partial charge in [-0.15, -0.1) is 12.4 Å². The van der Waals surface area contributed by atoms with E-state index in [1.165, 1.54) is 11.6 Å². The Kier molecular flexibility index (Phi) is 9.65. The molecule has 3 nitrogen and oxygen atoms in total. The van der Waals surface area contributed by atoms with Crippen molar-refractivity contribution in [2.24, 2.45) is 0 Å². The molecule has 0 spiro atoms. The molecule has 0 aliphatic carbocycles. The van der Waals surface area contributed by atoms with Crippen molar-refractivity contribution in [3.8, 4) is 11.5 Å². The summed E-state index contributed by atoms with van der Waals surface area (Å²) in [4.78, 5) is 0. The van der Waals surface area contributed by atoms with Gasteiger partial charge in [-0.1, -0.05) is 60.2 Å². The third-order valence-corrected chi connectivity index (χ3v) is 4.71. The molecule has 3 aromatic rings. The maximum absolute atomic E-state index is 13.8. The topological polar surface area (TPSA) is 30.5 Å². The molecule has 1 N–H and O–H groups in total. The lowest BCUT2D eigenvalue weighted by Crippen LogP contribution is -2.18. The molecule has 0 fully saturated rings. The fourth-order valence-corrected chi connectivity index (χ4v) is 3.12. The zero-order valence-corrected chi connectivity index (χ0v) is 18.3. The summed E-state index contributed by atoms with van der Waals surface area (Å²) in [6, 6.07) is 21.1. The SMILES string of the molecule is CCOc1cccc(CNCCc2ccccc2F)c1OCc1ccc(C)cc1.Cl. The van der Waals surface area contributed by atoms with Gasteiger partial charge >= 0.3 is 0 Å². The largest absolute Gasteiger partial charge is 0.490 e. The van der Waals surface area contributed by atoms with Crippen LogP contribution >= 0.6 is 12.4 Å². The van der Waals surface area contributed by atoms with Crippen LogP contribution in [0.25, 0.3) is 0 Å². The first-order valence-electron chi connectivity index (χ1n) is 10.0. The van der Waals surface area contributed by atoms with Gasteiger partial charge in [0.25, 0.3) is 0 Å². The molecule has 5 heteroatoms. The van der Waals surface area contributed by atoms with Crippen LogP contribution in [0.1, 0.15) is 29.2 Å². The molecule has 0 heterocycles. The normalized spacial score (nSPS) is 10.4. The molecule has 160 valence electrons. The molecule has 0 amide bonds. The molecular formula is C25H29ClFNO2. The van der Waals surface area contributed by atoms with E-state index in [0.717, 1.165) is 28.2 Å². The highest BCUT2D eigenvalue weighted by molar-refractivity contribution is 5.85. The van der Waals surface area contributed by atoms with Crippen molar-refractivity contribution in [3.05, 3.63) is 94.8 Å². The van der Waals surface area contributed by atoms with Gasteiger partial charge in [-0.2, -0.15) is 0 Å². The highest BCUT2D eigenvalue weighted by Gasteiger charge is 2.11. The average molecular weight is 430 g/mol. The zero-order valence-electron chi connectivity index (χ0n) is 17.5. The highest BCUT2D eigenvalue weighted by atomic mass is 35.5. The van der Waals surface area contributed by atoms with Crippen LogP contribution in [0, 0.1) is 12.7 Å². The van der Waals surface area contributed by atoms with Crippen LogP contribution in [0.5, 0.6) is 11.5 Å². The van der Waals surface area contributed by atoms with Crippen LogP contribution in [0.15, 0.2) is 66.7 Å². The summed E-state index contributed by atoms with van der Waals surface area (Å²) in [6.07, 6.45) is 0.636. The molecule has 0 aliphatic heterocycles. The van der Waals surface area contributed by atoms with E-state index in [1.807, 2.05) is 37.3 Å². The maximum atomic E-state index is 13.8. The lowest BCUT2D eigenvalue weighted by molar-refractivity contribution is 0.266. The molecule has 0 saturated heterocycles. The van der Waals surface area contributed by atoms with E-state index < -0.39 is 0 Å². The third-order valence-electron chi connectivity index (χ3n) is 4.71. The van der Waals surface area contributed by atoms with Gasteiger partial charge in [0.05, 0.1) is 6.61 Å². The summed E-state index contributed by atoms with van der Waals surface area (Å²) in [5, 5.41) is 3.39. The van der Waals surface area contributed by atoms with Crippen molar-refractivity contribution < 1.29 is 13.9 Å². The summed E-state index contributed by atoms with van der Waals surface area (Å²) < 4.78 is 25.7. The number of aryl methyl sites for hydroxylation is 1. The number of halogens is 2. The molecule has 0 aliphatic rings. The molecule has 0 aromatic heterocycles. The molecule has 30 heavy (non-hydrogen) atoms. The fraction of sp³-hybridized carbons (Fsp3) is 0.280. The van der Waals surface area contributed by atoms with Crippen molar-refractivity contribution in [2.75, 3.05) is 13.2 Å². The summed E-state index contributed by atoms with van der Waals surface area (Å²) in [6.45, 7) is 6.39. The van der Waals surface area contributed by atoms with Crippen molar-refractivity contribution in [3.63, 3.8) is 0 Å². The maximum Gasteiger partial charge on any atom is 0.166 e. The Morgan fingerprint density at radius 2 is 1.60 bits per heavy atom. The Labute approximate surface area is 184 Å². The minimum absolute atomic E-state index is 0. The summed E-state index contributed by atoms with van der Waals surface area (Å²) in [7, 11) is 0. The minimum atomic E-state index is -0.158. The first kappa shape index (κ1) is 23.7. The lowest BCUT2D eigenvalue weighted by Gasteiger charge is -2.17. The van der Waals surface area contributed by atoms with Gasteiger partial charge < -0.3 is 14.8 Å². The van der Waals surface area contributed by atoms with Gasteiger partial charge in [0, 0.05) is 12.1 Å². The highest BCUT2D eigenvalue weighted by Crippen LogP contribution is 2.32. The Morgan fingerprint density at radius 3 is 2.33 bits per heavy atom. The Balaban J connectivity index is 0.00000320. The number of para-hydroxylation sites is 1. The van der Waals surface area contributed by atoms with Crippen LogP contribution in [0.4, 0.5) is 4.39 Å². The van der Waals surface area contributed by atoms with Gasteiger partial charge in [-0.25, -0.2) is 4.39 Å². The number of rotatable bonds is 10. The van der Waals surface area contributed by atoms with Crippen molar-refractivity contribution in [1.82, 2.24) is 5.32 Å². The summed E-state index contributed by atoms with van der Waals surface area (Å²) in [5.41, 5.74) is 4.08. The van der Waals surface area contributed by atoms with Gasteiger partial charge in [-0.05, 0) is 50.1 Å². The van der Waals surface area contributed by atoms with Crippen LogP contribution in [0.3, 0.4) is 0 Å². The molecule has 3 rings (SSSR count). The fourth-order valence-electron chi connectivity index (χ4n) is 3.12. The number of benzene rings is 3. The molecular weight excluding hydrogens is 401 g/mol. The minimum Gasteiger partial charge on any atom is -0.490 e. The Bertz CT molecular complexity index is 915. The van der Waals surface area contributed by atoms with E-state index in [0.29, 0.717) is 32.7 Å². The second-order valence-electron chi connectivity index (χ2n) is 6.97. The van der Waals surface area contributed by atoms with Crippen molar-refractivity contribution >= 4 is 12.4 Å². The van der Waals surface area contributed by atoms with Gasteiger partial charge in [0.1, 0.15) is 12.4 Å². The summed E-state index contributed by atoms with van der Waals surface area (Å²) in [5.74, 6) is 1.34. The van der Waals surface area contributed by atoms with Gasteiger partial charge in [-0.3, -0.25) is 0 Å². The Morgan fingerprint density at radius 1 is 0.867 bits per heavy atom. The lowest BCUT2D eigenvalue weighted by atomic mass is 10.1. The van der Waals surface area contributed by atoms with Crippen molar-refractivity contribution in [1.29, 1.82) is 0 Å². The monoisotopic (exact) mass is 429 g/mol. The molecule has 3 aromatic carbocycles. The molecule has 0 unspecified atom stereocenters. The van der Waals surface area contributed by atoms with E-state index in [2.05, 4.69) is 36.5 Å². The average Bonchev–Trinajstić information content (AvgIpc) is 2.73. The first-order chi connectivity index (χ1) is 14.2. The van der Waals surface area contributed by atoms with E-state index >= 15 is 0 Å². The van der Waals surface area contributed by atoms with Crippen molar-refractivity contribution in [2.45, 2.75) is 33.4 Å². The van der Waals surface area contributed by atoms with Crippen LogP contribution in [0.2, 0.25) is 0 Å². The number of hydrogen-bond acceptors (Lipinski definition) is 3. The Hall–Kier alpha value is -2.56. The predicted molar refractivity (Wildman–Crippen MR) is 122 cm³/mol. The molecule has 0 bridgehead atoms. The predicted octanol–water partition coefficient (Wildman–Crippen LogP) is 5.87. The van der Waals surface area contributed by atoms with E-state index in [9.17, 15) is 4.39 Å². The second-order valence-corrected chi connectivity index (χ2v) is 6.97. The number of hydrogen-bond donors (Lipinski definition) is 1. The third kappa shape index (κ3) is 6.75. The van der Waals surface area contributed by atoms with E-state index in [4.69, 9.17) is 9.47 Å². The first-order valence-corrected chi connectivity index (χ1v) is 10.0. The number of ether oxygens (including phenoxy) is 2.